The standard InChI is InChI=1S/C18H27N3O2S.ClH/c1-12-5-6-16(24-12)18(23)20-14-7-9-21(10-8-14)17(22)11-13-3-2-4-15(13)19;/h5-6,13-15H,2-4,7-11,19H2,1H3,(H,20,23);1H/t13-,15+;/m0./s1. The first-order valence-corrected chi connectivity index (χ1v) is 9.75. The highest BCUT2D eigenvalue weighted by atomic mass is 35.5. The largest absolute Gasteiger partial charge is 0.348 e. The highest BCUT2D eigenvalue weighted by molar-refractivity contribution is 7.13. The summed E-state index contributed by atoms with van der Waals surface area (Å²) in [6.07, 6.45) is 5.53. The smallest absolute Gasteiger partial charge is 0.261 e. The Hall–Kier alpha value is -1.11. The number of hydrogen-bond donors (Lipinski definition) is 2. The molecule has 2 amide bonds. The molecule has 1 saturated carbocycles. The molecule has 0 aromatic carbocycles. The molecule has 0 unspecified atom stereocenters. The summed E-state index contributed by atoms with van der Waals surface area (Å²) in [5.41, 5.74) is 6.07. The number of amides is 2. The second-order valence-corrected chi connectivity index (χ2v) is 8.39. The monoisotopic (exact) mass is 385 g/mol. The van der Waals surface area contributed by atoms with Crippen LogP contribution in [-0.4, -0.2) is 41.9 Å². The summed E-state index contributed by atoms with van der Waals surface area (Å²) in [6.45, 7) is 3.46. The van der Waals surface area contributed by atoms with Crippen LogP contribution in [0.2, 0.25) is 0 Å². The lowest BCUT2D eigenvalue weighted by Crippen LogP contribution is -2.47. The summed E-state index contributed by atoms with van der Waals surface area (Å²) in [4.78, 5) is 28.5. The first kappa shape index (κ1) is 20.2. The van der Waals surface area contributed by atoms with E-state index >= 15 is 0 Å². The van der Waals surface area contributed by atoms with Crippen molar-refractivity contribution in [1.29, 1.82) is 0 Å². The van der Waals surface area contributed by atoms with Crippen LogP contribution in [0.1, 0.15) is 53.1 Å². The molecule has 2 fully saturated rings. The molecule has 3 N–H and O–H groups in total. The van der Waals surface area contributed by atoms with Crippen molar-refractivity contribution >= 4 is 35.6 Å². The highest BCUT2D eigenvalue weighted by Gasteiger charge is 2.30. The molecule has 2 atom stereocenters. The summed E-state index contributed by atoms with van der Waals surface area (Å²) >= 11 is 1.52. The van der Waals surface area contributed by atoms with Gasteiger partial charge in [0.05, 0.1) is 4.88 Å². The predicted molar refractivity (Wildman–Crippen MR) is 103 cm³/mol. The maximum atomic E-state index is 12.4. The summed E-state index contributed by atoms with van der Waals surface area (Å²) in [5, 5.41) is 3.10. The third kappa shape index (κ3) is 5.19. The highest BCUT2D eigenvalue weighted by Crippen LogP contribution is 2.28. The average molecular weight is 386 g/mol. The molecule has 7 heteroatoms. The van der Waals surface area contributed by atoms with Crippen molar-refractivity contribution in [3.63, 3.8) is 0 Å². The minimum Gasteiger partial charge on any atom is -0.348 e. The lowest BCUT2D eigenvalue weighted by Gasteiger charge is -2.33. The van der Waals surface area contributed by atoms with E-state index in [0.717, 1.165) is 54.9 Å². The van der Waals surface area contributed by atoms with Crippen LogP contribution < -0.4 is 11.1 Å². The predicted octanol–water partition coefficient (Wildman–Crippen LogP) is 2.72. The van der Waals surface area contributed by atoms with Crippen LogP contribution >= 0.6 is 23.7 Å². The molecular formula is C18H28ClN3O2S. The number of hydrogen-bond acceptors (Lipinski definition) is 4. The fourth-order valence-electron chi connectivity index (χ4n) is 3.76. The zero-order chi connectivity index (χ0) is 17.1. The molecule has 0 radical (unpaired) electrons. The van der Waals surface area contributed by atoms with E-state index in [9.17, 15) is 9.59 Å². The number of nitrogens with two attached hydrogens (primary N) is 1. The molecule has 1 aliphatic heterocycles. The first-order valence-electron chi connectivity index (χ1n) is 8.93. The maximum absolute atomic E-state index is 12.4. The normalized spacial score (nSPS) is 24.0. The molecule has 1 saturated heterocycles. The number of likely N-dealkylation sites (tertiary alicyclic amines) is 1. The molecule has 2 heterocycles. The summed E-state index contributed by atoms with van der Waals surface area (Å²) in [7, 11) is 0. The SMILES string of the molecule is Cc1ccc(C(=O)NC2CCN(C(=O)C[C@@H]3CCC[C@H]3N)CC2)s1.Cl. The Morgan fingerprint density at radius 3 is 2.52 bits per heavy atom. The van der Waals surface area contributed by atoms with Gasteiger partial charge in [-0.05, 0) is 50.7 Å². The van der Waals surface area contributed by atoms with Crippen molar-refractivity contribution in [1.82, 2.24) is 10.2 Å². The number of nitrogens with one attached hydrogen (secondary N) is 1. The van der Waals surface area contributed by atoms with Gasteiger partial charge in [0.1, 0.15) is 0 Å². The van der Waals surface area contributed by atoms with Gasteiger partial charge in [-0.3, -0.25) is 9.59 Å². The van der Waals surface area contributed by atoms with E-state index in [0.29, 0.717) is 12.3 Å². The van der Waals surface area contributed by atoms with Gasteiger partial charge in [-0.1, -0.05) is 6.42 Å². The minimum absolute atomic E-state index is 0. The Labute approximate surface area is 159 Å². The van der Waals surface area contributed by atoms with E-state index in [1.807, 2.05) is 24.0 Å². The van der Waals surface area contributed by atoms with E-state index in [1.165, 1.54) is 11.3 Å². The van der Waals surface area contributed by atoms with E-state index in [1.54, 1.807) is 0 Å². The zero-order valence-corrected chi connectivity index (χ0v) is 16.3. The molecular weight excluding hydrogens is 358 g/mol. The molecule has 1 aromatic rings. The Morgan fingerprint density at radius 2 is 1.96 bits per heavy atom. The van der Waals surface area contributed by atoms with Gasteiger partial charge in [-0.2, -0.15) is 0 Å². The quantitative estimate of drug-likeness (QED) is 0.836. The van der Waals surface area contributed by atoms with Crippen LogP contribution in [0, 0.1) is 12.8 Å². The number of halogens is 1. The minimum atomic E-state index is 0. The number of carbonyl (C=O) groups excluding carboxylic acids is 2. The molecule has 140 valence electrons. The average Bonchev–Trinajstić information content (AvgIpc) is 3.17. The van der Waals surface area contributed by atoms with Crippen molar-refractivity contribution in [3.8, 4) is 0 Å². The van der Waals surface area contributed by atoms with Crippen molar-refractivity contribution in [2.45, 2.75) is 57.5 Å². The Balaban J connectivity index is 0.00000225. The van der Waals surface area contributed by atoms with Crippen molar-refractivity contribution in [2.24, 2.45) is 11.7 Å². The van der Waals surface area contributed by atoms with Crippen LogP contribution in [0.3, 0.4) is 0 Å². The van der Waals surface area contributed by atoms with Crippen LogP contribution in [0.4, 0.5) is 0 Å². The maximum Gasteiger partial charge on any atom is 0.261 e. The summed E-state index contributed by atoms with van der Waals surface area (Å²) in [6, 6.07) is 4.20. The molecule has 0 bridgehead atoms. The van der Waals surface area contributed by atoms with Crippen LogP contribution in [-0.2, 0) is 4.79 Å². The van der Waals surface area contributed by atoms with Gasteiger partial charge < -0.3 is 16.0 Å². The fourth-order valence-corrected chi connectivity index (χ4v) is 4.53. The van der Waals surface area contributed by atoms with Gasteiger partial charge >= 0.3 is 0 Å². The first-order chi connectivity index (χ1) is 11.5. The zero-order valence-electron chi connectivity index (χ0n) is 14.7. The third-order valence-corrected chi connectivity index (χ3v) is 6.30. The van der Waals surface area contributed by atoms with E-state index in [4.69, 9.17) is 5.73 Å². The van der Waals surface area contributed by atoms with Crippen LogP contribution in [0.15, 0.2) is 12.1 Å². The summed E-state index contributed by atoms with van der Waals surface area (Å²) < 4.78 is 0. The van der Waals surface area contributed by atoms with Gasteiger partial charge in [0.25, 0.3) is 5.91 Å². The Kier molecular flexibility index (Phi) is 7.28. The number of nitrogens with zero attached hydrogens (tertiary/aromatic N) is 1. The Morgan fingerprint density at radius 1 is 1.24 bits per heavy atom. The fraction of sp³-hybridized carbons (Fsp3) is 0.667. The molecule has 25 heavy (non-hydrogen) atoms. The lowest BCUT2D eigenvalue weighted by molar-refractivity contribution is -0.133. The van der Waals surface area contributed by atoms with E-state index < -0.39 is 0 Å². The number of carbonyl (C=O) groups is 2. The van der Waals surface area contributed by atoms with Gasteiger partial charge in [-0.25, -0.2) is 0 Å². The van der Waals surface area contributed by atoms with Gasteiger partial charge in [0.2, 0.25) is 5.91 Å². The molecule has 3 rings (SSSR count). The van der Waals surface area contributed by atoms with Crippen LogP contribution in [0.25, 0.3) is 0 Å². The van der Waals surface area contributed by atoms with Gasteiger partial charge in [-0.15, -0.1) is 23.7 Å². The van der Waals surface area contributed by atoms with Gasteiger partial charge in [0.15, 0.2) is 0 Å². The second kappa shape index (κ2) is 9.01. The number of rotatable bonds is 4. The second-order valence-electron chi connectivity index (χ2n) is 7.10. The number of piperidine rings is 1. The van der Waals surface area contributed by atoms with E-state index in [2.05, 4.69) is 5.32 Å². The number of aryl methyl sites for hydroxylation is 1. The third-order valence-electron chi connectivity index (χ3n) is 5.30. The topological polar surface area (TPSA) is 75.4 Å². The molecule has 2 aliphatic rings. The molecule has 1 aromatic heterocycles. The Bertz CT molecular complexity index is 599. The van der Waals surface area contributed by atoms with Crippen molar-refractivity contribution < 1.29 is 9.59 Å². The lowest BCUT2D eigenvalue weighted by atomic mass is 9.98. The van der Waals surface area contributed by atoms with Crippen molar-refractivity contribution in [3.05, 3.63) is 21.9 Å². The molecule has 5 nitrogen and oxygen atoms in total. The van der Waals surface area contributed by atoms with Crippen LogP contribution in [0.5, 0.6) is 0 Å². The molecule has 1 aliphatic carbocycles. The number of thiophene rings is 1. The molecule has 0 spiro atoms. The summed E-state index contributed by atoms with van der Waals surface area (Å²) in [5.74, 6) is 0.600. The van der Waals surface area contributed by atoms with E-state index in [-0.39, 0.29) is 36.3 Å². The van der Waals surface area contributed by atoms with Crippen molar-refractivity contribution in [2.75, 3.05) is 13.1 Å². The van der Waals surface area contributed by atoms with Gasteiger partial charge in [0, 0.05) is 36.5 Å².